The van der Waals surface area contributed by atoms with Gasteiger partial charge in [0.05, 0.1) is 9.81 Å². The molecule has 0 aliphatic carbocycles. The molecule has 3 aliphatic rings. The Kier molecular flexibility index (Phi) is 2.73. The predicted octanol–water partition coefficient (Wildman–Crippen LogP) is 3.93. The largest absolute Gasteiger partial charge is 0.538 e. The number of hydrogen-bond donors (Lipinski definition) is 0. The molecule has 86 valence electrons. The molecule has 0 spiro atoms. The van der Waals surface area contributed by atoms with Gasteiger partial charge in [0.25, 0.3) is 0 Å². The number of fused-ring (bicyclic) bond motifs is 1. The minimum Gasteiger partial charge on any atom is -0.222 e. The maximum absolute atomic E-state index is 11.4. The summed E-state index contributed by atoms with van der Waals surface area (Å²) >= 11 is 10.1. The first-order valence-corrected chi connectivity index (χ1v) is 7.76. The highest BCUT2D eigenvalue weighted by Crippen LogP contribution is 2.67. The topological polar surface area (TPSA) is 51.2 Å². The lowest BCUT2D eigenvalue weighted by molar-refractivity contribution is -0.318. The molecule has 3 aliphatic heterocycles. The van der Waals surface area contributed by atoms with Crippen molar-refractivity contribution in [3.05, 3.63) is 25.6 Å². The van der Waals surface area contributed by atoms with Crippen molar-refractivity contribution in [2.24, 2.45) is 0 Å². The first-order valence-electron chi connectivity index (χ1n) is 3.92. The Labute approximate surface area is 115 Å². The summed E-state index contributed by atoms with van der Waals surface area (Å²) in [5, 5.41) is 2.08. The maximum Gasteiger partial charge on any atom is 0.538 e. The molecule has 10 heteroatoms. The summed E-state index contributed by atoms with van der Waals surface area (Å²) in [5.41, 5.74) is 0.594. The number of nitrogens with zero attached hydrogens (tertiary/aromatic N) is 2. The second kappa shape index (κ2) is 3.76. The molecule has 0 radical (unpaired) electrons. The van der Waals surface area contributed by atoms with Crippen LogP contribution in [-0.4, -0.2) is 5.34 Å². The van der Waals surface area contributed by atoms with Gasteiger partial charge in [-0.3, -0.25) is 0 Å². The number of rotatable bonds is 1. The Morgan fingerprint density at radius 2 is 1.81 bits per heavy atom. The fourth-order valence-electron chi connectivity index (χ4n) is 1.21. The number of phosphoric acid groups is 1. The smallest absolute Gasteiger partial charge is 0.222 e. The number of halogens is 3. The standard InChI is InChI=1S/C6H2Br3N2O4P/c7-3-1-4(8)6(9)5(2-3)10-11-14-16(12,13-10)15-11/h1-2H. The van der Waals surface area contributed by atoms with Gasteiger partial charge in [-0.2, -0.15) is 0 Å². The molecule has 3 heterocycles. The summed E-state index contributed by atoms with van der Waals surface area (Å²) in [6.45, 7) is 0. The van der Waals surface area contributed by atoms with E-state index >= 15 is 0 Å². The van der Waals surface area contributed by atoms with Crippen LogP contribution < -0.4 is 5.17 Å². The van der Waals surface area contributed by atoms with Gasteiger partial charge in [0.2, 0.25) is 0 Å². The summed E-state index contributed by atoms with van der Waals surface area (Å²) in [4.78, 5) is 0. The zero-order valence-corrected chi connectivity index (χ0v) is 12.9. The van der Waals surface area contributed by atoms with E-state index in [4.69, 9.17) is 13.9 Å². The number of benzene rings is 1. The van der Waals surface area contributed by atoms with Crippen molar-refractivity contribution in [2.45, 2.75) is 0 Å². The van der Waals surface area contributed by atoms with Gasteiger partial charge >= 0.3 is 7.82 Å². The van der Waals surface area contributed by atoms with Gasteiger partial charge < -0.3 is 0 Å². The first kappa shape index (κ1) is 11.6. The molecule has 0 atom stereocenters. The highest BCUT2D eigenvalue weighted by molar-refractivity contribution is 9.13. The molecule has 0 aromatic heterocycles. The fourth-order valence-corrected chi connectivity index (χ4v) is 3.68. The average Bonchev–Trinajstić information content (AvgIpc) is 2.64. The van der Waals surface area contributed by atoms with Crippen LogP contribution in [0.1, 0.15) is 0 Å². The second-order valence-electron chi connectivity index (χ2n) is 2.92. The molecular formula is C6H2Br3N2O4P. The van der Waals surface area contributed by atoms with E-state index in [2.05, 4.69) is 47.8 Å². The van der Waals surface area contributed by atoms with Gasteiger partial charge in [0.15, 0.2) is 0 Å². The Morgan fingerprint density at radius 3 is 2.38 bits per heavy atom. The molecular weight excluding hydrogens is 435 g/mol. The normalized spacial score (nSPS) is 31.7. The van der Waals surface area contributed by atoms with Crippen molar-refractivity contribution < 1.29 is 18.4 Å². The molecule has 3 saturated heterocycles. The van der Waals surface area contributed by atoms with E-state index in [1.165, 1.54) is 5.17 Å². The molecule has 0 N–H and O–H groups in total. The van der Waals surface area contributed by atoms with Crippen molar-refractivity contribution in [3.8, 4) is 0 Å². The van der Waals surface area contributed by atoms with E-state index in [1.54, 1.807) is 6.07 Å². The monoisotopic (exact) mass is 434 g/mol. The van der Waals surface area contributed by atoms with Gasteiger partial charge in [-0.25, -0.2) is 4.57 Å². The highest BCUT2D eigenvalue weighted by atomic mass is 79.9. The van der Waals surface area contributed by atoms with Crippen LogP contribution in [0.15, 0.2) is 25.6 Å². The van der Waals surface area contributed by atoms with Crippen molar-refractivity contribution >= 4 is 61.3 Å². The summed E-state index contributed by atoms with van der Waals surface area (Å²) < 4.78 is 28.2. The van der Waals surface area contributed by atoms with Crippen molar-refractivity contribution in [3.63, 3.8) is 0 Å². The van der Waals surface area contributed by atoms with Gasteiger partial charge in [-0.05, 0) is 44.0 Å². The molecule has 0 amide bonds. The lowest BCUT2D eigenvalue weighted by Gasteiger charge is -2.22. The number of hydrazine groups is 1. The van der Waals surface area contributed by atoms with Gasteiger partial charge in [-0.1, -0.05) is 15.9 Å². The van der Waals surface area contributed by atoms with E-state index in [9.17, 15) is 4.57 Å². The van der Waals surface area contributed by atoms with Crippen LogP contribution in [0.3, 0.4) is 0 Å². The molecule has 4 rings (SSSR count). The van der Waals surface area contributed by atoms with Gasteiger partial charge in [0, 0.05) is 8.95 Å². The van der Waals surface area contributed by atoms with E-state index in [0.717, 1.165) is 18.8 Å². The van der Waals surface area contributed by atoms with Crippen molar-refractivity contribution in [2.75, 3.05) is 5.17 Å². The van der Waals surface area contributed by atoms with Crippen molar-refractivity contribution in [1.29, 1.82) is 0 Å². The van der Waals surface area contributed by atoms with E-state index in [1.807, 2.05) is 6.07 Å². The van der Waals surface area contributed by atoms with Crippen LogP contribution >= 0.6 is 55.6 Å². The Bertz CT molecular complexity index is 517. The van der Waals surface area contributed by atoms with Crippen LogP contribution in [-0.2, 0) is 18.4 Å². The zero-order valence-electron chi connectivity index (χ0n) is 7.26. The molecule has 0 unspecified atom stereocenters. The highest BCUT2D eigenvalue weighted by Gasteiger charge is 2.60. The van der Waals surface area contributed by atoms with Crippen LogP contribution in [0.25, 0.3) is 0 Å². The van der Waals surface area contributed by atoms with E-state index in [0.29, 0.717) is 5.69 Å². The molecule has 0 saturated carbocycles. The van der Waals surface area contributed by atoms with Crippen LogP contribution in [0.2, 0.25) is 0 Å². The lowest BCUT2D eigenvalue weighted by Crippen LogP contribution is -2.34. The molecule has 2 bridgehead atoms. The summed E-state index contributed by atoms with van der Waals surface area (Å²) in [5.74, 6) is 0. The predicted molar refractivity (Wildman–Crippen MR) is 64.7 cm³/mol. The van der Waals surface area contributed by atoms with Gasteiger partial charge in [0.1, 0.15) is 5.69 Å². The molecule has 16 heavy (non-hydrogen) atoms. The molecule has 1 aromatic rings. The zero-order chi connectivity index (χ0) is 11.5. The molecule has 1 aromatic carbocycles. The van der Waals surface area contributed by atoms with Crippen molar-refractivity contribution in [1.82, 2.24) is 5.34 Å². The summed E-state index contributed by atoms with van der Waals surface area (Å²) in [6.07, 6.45) is 0. The summed E-state index contributed by atoms with van der Waals surface area (Å²) in [6, 6.07) is 3.61. The molecule has 3 fully saturated rings. The fraction of sp³-hybridized carbons (Fsp3) is 0. The van der Waals surface area contributed by atoms with E-state index in [-0.39, 0.29) is 0 Å². The maximum atomic E-state index is 11.4. The van der Waals surface area contributed by atoms with Gasteiger partial charge in [-0.15, -0.1) is 19.0 Å². The second-order valence-corrected chi connectivity index (χ2v) is 6.87. The van der Waals surface area contributed by atoms with E-state index < -0.39 is 7.82 Å². The third-order valence-electron chi connectivity index (χ3n) is 1.85. The quantitative estimate of drug-likeness (QED) is 0.491. The van der Waals surface area contributed by atoms with Crippen LogP contribution in [0.5, 0.6) is 0 Å². The van der Waals surface area contributed by atoms with Crippen LogP contribution in [0, 0.1) is 0 Å². The Hall–Kier alpha value is 0.530. The SMILES string of the molecule is O=P12ON(O1)N(c1cc(Br)cc(Br)c1Br)O2. The minimum atomic E-state index is -3.37. The minimum absolute atomic E-state index is 0.594. The molecule has 6 nitrogen and oxygen atoms in total. The third kappa shape index (κ3) is 1.70. The average molecular weight is 437 g/mol. The number of hydrogen-bond acceptors (Lipinski definition) is 6. The number of anilines is 1. The van der Waals surface area contributed by atoms with Crippen LogP contribution in [0.4, 0.5) is 5.69 Å². The Balaban J connectivity index is 2.05. The lowest BCUT2D eigenvalue weighted by atomic mass is 10.3. The summed E-state index contributed by atoms with van der Waals surface area (Å²) in [7, 11) is -3.37. The Morgan fingerprint density at radius 1 is 1.12 bits per heavy atom. The first-order chi connectivity index (χ1) is 7.48. The third-order valence-corrected chi connectivity index (χ3v) is 5.33.